The van der Waals surface area contributed by atoms with Gasteiger partial charge in [0.05, 0.1) is 5.60 Å². The third kappa shape index (κ3) is 7.72. The summed E-state index contributed by atoms with van der Waals surface area (Å²) in [6.07, 6.45) is 0.609. The Labute approximate surface area is 92.8 Å². The van der Waals surface area contributed by atoms with Crippen molar-refractivity contribution in [2.24, 2.45) is 5.14 Å². The summed E-state index contributed by atoms with van der Waals surface area (Å²) in [6.45, 7) is 8.35. The number of nitrogens with zero attached hydrogens (tertiary/aromatic N) is 1. The van der Waals surface area contributed by atoms with Gasteiger partial charge in [0.2, 0.25) is 0 Å². The Kier molecular flexibility index (Phi) is 5.19. The molecule has 0 saturated heterocycles. The lowest BCUT2D eigenvalue weighted by atomic mass is 10.1. The second-order valence-electron chi connectivity index (χ2n) is 4.66. The van der Waals surface area contributed by atoms with E-state index in [9.17, 15) is 8.42 Å². The van der Waals surface area contributed by atoms with E-state index in [1.165, 1.54) is 0 Å². The quantitative estimate of drug-likeness (QED) is 0.740. The van der Waals surface area contributed by atoms with Crippen molar-refractivity contribution in [3.63, 3.8) is 0 Å². The fraction of sp³-hybridized carbons (Fsp3) is 1.00. The van der Waals surface area contributed by atoms with Gasteiger partial charge in [-0.3, -0.25) is 4.18 Å². The van der Waals surface area contributed by atoms with Crippen molar-refractivity contribution in [1.29, 1.82) is 0 Å². The maximum Gasteiger partial charge on any atom is 0.333 e. The largest absolute Gasteiger partial charge is 0.333 e. The van der Waals surface area contributed by atoms with Crippen LogP contribution < -0.4 is 5.14 Å². The fourth-order valence-electron chi connectivity index (χ4n) is 1.06. The molecule has 2 N–H and O–H groups in total. The summed E-state index contributed by atoms with van der Waals surface area (Å²) in [5.74, 6) is 0. The van der Waals surface area contributed by atoms with Gasteiger partial charge in [-0.05, 0) is 41.2 Å². The van der Waals surface area contributed by atoms with Crippen LogP contribution in [-0.4, -0.2) is 38.6 Å². The van der Waals surface area contributed by atoms with Crippen LogP contribution in [-0.2, 0) is 14.5 Å². The van der Waals surface area contributed by atoms with Crippen LogP contribution in [0.3, 0.4) is 0 Å². The standard InChI is InChI=1S/C9H22N2O3S/c1-8(2)11(5)7-6-9(3,4)14-15(10,12)13/h8H,6-7H2,1-5H3,(H2,10,12,13). The summed E-state index contributed by atoms with van der Waals surface area (Å²) in [6, 6.07) is 0.426. The zero-order valence-corrected chi connectivity index (χ0v) is 11.0. The van der Waals surface area contributed by atoms with E-state index in [0.717, 1.165) is 6.54 Å². The van der Waals surface area contributed by atoms with E-state index in [1.54, 1.807) is 13.8 Å². The fourth-order valence-corrected chi connectivity index (χ4v) is 1.77. The van der Waals surface area contributed by atoms with Gasteiger partial charge in [0, 0.05) is 12.6 Å². The number of hydrogen-bond donors (Lipinski definition) is 1. The Morgan fingerprint density at radius 1 is 1.40 bits per heavy atom. The molecule has 5 nitrogen and oxygen atoms in total. The van der Waals surface area contributed by atoms with E-state index in [2.05, 4.69) is 18.7 Å². The minimum Gasteiger partial charge on any atom is -0.304 e. The SMILES string of the molecule is CC(C)N(C)CCC(C)(C)OS(N)(=O)=O. The zero-order chi connectivity index (χ0) is 12.3. The van der Waals surface area contributed by atoms with Crippen molar-refractivity contribution < 1.29 is 12.6 Å². The second kappa shape index (κ2) is 5.25. The van der Waals surface area contributed by atoms with Gasteiger partial charge in [-0.25, -0.2) is 5.14 Å². The molecular weight excluding hydrogens is 216 g/mol. The van der Waals surface area contributed by atoms with Gasteiger partial charge in [0.15, 0.2) is 0 Å². The Bertz CT molecular complexity index is 286. The van der Waals surface area contributed by atoms with Crippen LogP contribution >= 0.6 is 0 Å². The van der Waals surface area contributed by atoms with Crippen molar-refractivity contribution >= 4 is 10.3 Å². The molecule has 0 aromatic rings. The predicted octanol–water partition coefficient (Wildman–Crippen LogP) is 0.715. The van der Waals surface area contributed by atoms with Gasteiger partial charge in [-0.1, -0.05) is 0 Å². The van der Waals surface area contributed by atoms with Crippen molar-refractivity contribution in [2.45, 2.75) is 45.8 Å². The molecule has 0 unspecified atom stereocenters. The van der Waals surface area contributed by atoms with Crippen molar-refractivity contribution in [2.75, 3.05) is 13.6 Å². The zero-order valence-electron chi connectivity index (χ0n) is 10.1. The molecule has 0 saturated carbocycles. The lowest BCUT2D eigenvalue weighted by Gasteiger charge is -2.28. The molecule has 0 fully saturated rings. The highest BCUT2D eigenvalue weighted by atomic mass is 32.2. The molecule has 0 heterocycles. The molecule has 0 atom stereocenters. The van der Waals surface area contributed by atoms with Crippen LogP contribution in [0.4, 0.5) is 0 Å². The Morgan fingerprint density at radius 2 is 1.87 bits per heavy atom. The van der Waals surface area contributed by atoms with E-state index >= 15 is 0 Å². The van der Waals surface area contributed by atoms with Gasteiger partial charge >= 0.3 is 10.3 Å². The summed E-state index contributed by atoms with van der Waals surface area (Å²) in [5.41, 5.74) is -0.753. The second-order valence-corrected chi connectivity index (χ2v) is 5.81. The third-order valence-corrected chi connectivity index (χ3v) is 2.97. The molecular formula is C9H22N2O3S. The molecule has 0 spiro atoms. The van der Waals surface area contributed by atoms with Crippen LogP contribution in [0.15, 0.2) is 0 Å². The van der Waals surface area contributed by atoms with Gasteiger partial charge in [0.25, 0.3) is 0 Å². The van der Waals surface area contributed by atoms with Gasteiger partial charge < -0.3 is 4.90 Å². The topological polar surface area (TPSA) is 72.6 Å². The van der Waals surface area contributed by atoms with Gasteiger partial charge in [0.1, 0.15) is 0 Å². The van der Waals surface area contributed by atoms with E-state index in [0.29, 0.717) is 12.5 Å². The average molecular weight is 238 g/mol. The lowest BCUT2D eigenvalue weighted by Crippen LogP contribution is -2.37. The summed E-state index contributed by atoms with van der Waals surface area (Å²) >= 11 is 0. The highest BCUT2D eigenvalue weighted by Crippen LogP contribution is 2.17. The van der Waals surface area contributed by atoms with Crippen LogP contribution in [0.25, 0.3) is 0 Å². The van der Waals surface area contributed by atoms with Gasteiger partial charge in [-0.2, -0.15) is 8.42 Å². The number of nitrogens with two attached hydrogens (primary N) is 1. The summed E-state index contributed by atoms with van der Waals surface area (Å²) < 4.78 is 26.3. The maximum atomic E-state index is 10.8. The maximum absolute atomic E-state index is 10.8. The van der Waals surface area contributed by atoms with E-state index in [4.69, 9.17) is 9.32 Å². The molecule has 0 rings (SSSR count). The first kappa shape index (κ1) is 14.8. The van der Waals surface area contributed by atoms with Crippen LogP contribution in [0.1, 0.15) is 34.1 Å². The van der Waals surface area contributed by atoms with Crippen LogP contribution in [0, 0.1) is 0 Å². The first-order valence-corrected chi connectivity index (χ1v) is 6.44. The summed E-state index contributed by atoms with van der Waals surface area (Å²) in [4.78, 5) is 2.12. The lowest BCUT2D eigenvalue weighted by molar-refractivity contribution is 0.0903. The molecule has 0 aliphatic heterocycles. The smallest absolute Gasteiger partial charge is 0.304 e. The van der Waals surface area contributed by atoms with Gasteiger partial charge in [-0.15, -0.1) is 0 Å². The predicted molar refractivity (Wildman–Crippen MR) is 60.7 cm³/mol. The summed E-state index contributed by atoms with van der Waals surface area (Å²) in [5, 5.41) is 4.82. The van der Waals surface area contributed by atoms with Crippen molar-refractivity contribution in [3.05, 3.63) is 0 Å². The molecule has 0 aromatic heterocycles. The minimum atomic E-state index is -3.87. The molecule has 15 heavy (non-hydrogen) atoms. The Hall–Kier alpha value is -0.170. The average Bonchev–Trinajstić information content (AvgIpc) is 1.95. The third-order valence-electron chi connectivity index (χ3n) is 2.29. The molecule has 0 aromatic carbocycles. The molecule has 0 bridgehead atoms. The molecule has 92 valence electrons. The van der Waals surface area contributed by atoms with Crippen molar-refractivity contribution in [3.8, 4) is 0 Å². The molecule has 0 aliphatic rings. The number of rotatable bonds is 6. The van der Waals surface area contributed by atoms with Crippen LogP contribution in [0.2, 0.25) is 0 Å². The highest BCUT2D eigenvalue weighted by molar-refractivity contribution is 7.84. The molecule has 0 amide bonds. The van der Waals surface area contributed by atoms with Crippen LogP contribution in [0.5, 0.6) is 0 Å². The Morgan fingerprint density at radius 3 is 2.20 bits per heavy atom. The molecule has 6 heteroatoms. The normalized spacial score (nSPS) is 13.9. The number of hydrogen-bond acceptors (Lipinski definition) is 4. The van der Waals surface area contributed by atoms with E-state index < -0.39 is 15.9 Å². The molecule has 0 aliphatic carbocycles. The highest BCUT2D eigenvalue weighted by Gasteiger charge is 2.24. The monoisotopic (exact) mass is 238 g/mol. The molecule has 0 radical (unpaired) electrons. The minimum absolute atomic E-state index is 0.426. The van der Waals surface area contributed by atoms with E-state index in [-0.39, 0.29) is 0 Å². The van der Waals surface area contributed by atoms with E-state index in [1.807, 2.05) is 7.05 Å². The first-order chi connectivity index (χ1) is 6.53. The first-order valence-electron chi connectivity index (χ1n) is 4.97. The Balaban J connectivity index is 4.16. The summed E-state index contributed by atoms with van der Waals surface area (Å²) in [7, 11) is -1.88. The van der Waals surface area contributed by atoms with Crippen molar-refractivity contribution in [1.82, 2.24) is 4.90 Å².